The third-order valence-electron chi connectivity index (χ3n) is 3.26. The first-order valence-corrected chi connectivity index (χ1v) is 7.99. The van der Waals surface area contributed by atoms with Gasteiger partial charge in [-0.15, -0.1) is 6.42 Å². The quantitative estimate of drug-likeness (QED) is 0.812. The molecule has 0 amide bonds. The molecule has 0 saturated heterocycles. The van der Waals surface area contributed by atoms with Gasteiger partial charge >= 0.3 is 0 Å². The SMILES string of the molecule is C#CCN(C)S(=O)(=O)c1cc(CNCC)cc(C)c1C. The minimum absolute atomic E-state index is 0.0677. The molecule has 0 aromatic heterocycles. The summed E-state index contributed by atoms with van der Waals surface area (Å²) in [7, 11) is -2.04. The lowest BCUT2D eigenvalue weighted by Gasteiger charge is -2.18. The van der Waals surface area contributed by atoms with E-state index in [0.717, 1.165) is 23.2 Å². The van der Waals surface area contributed by atoms with Gasteiger partial charge in [0.1, 0.15) is 0 Å². The van der Waals surface area contributed by atoms with Crippen molar-refractivity contribution in [3.8, 4) is 12.3 Å². The number of aryl methyl sites for hydroxylation is 1. The standard InChI is InChI=1S/C15H22N2O2S/c1-6-8-17(5)20(18,19)15-10-14(11-16-7-2)9-12(3)13(15)4/h1,9-10,16H,7-8,11H2,2-5H3. The third-order valence-corrected chi connectivity index (χ3v) is 5.19. The molecule has 1 aromatic rings. The second-order valence-electron chi connectivity index (χ2n) is 4.78. The zero-order chi connectivity index (χ0) is 15.3. The van der Waals surface area contributed by atoms with Crippen LogP contribution < -0.4 is 5.32 Å². The number of hydrogen-bond donors (Lipinski definition) is 1. The molecule has 110 valence electrons. The lowest BCUT2D eigenvalue weighted by atomic mass is 10.1. The van der Waals surface area contributed by atoms with Crippen molar-refractivity contribution in [2.75, 3.05) is 20.1 Å². The van der Waals surface area contributed by atoms with Crippen molar-refractivity contribution in [2.24, 2.45) is 0 Å². The van der Waals surface area contributed by atoms with Crippen LogP contribution in [0.15, 0.2) is 17.0 Å². The van der Waals surface area contributed by atoms with Crippen LogP contribution in [-0.4, -0.2) is 32.9 Å². The van der Waals surface area contributed by atoms with E-state index < -0.39 is 10.0 Å². The minimum atomic E-state index is -3.54. The fraction of sp³-hybridized carbons (Fsp3) is 0.467. The van der Waals surface area contributed by atoms with Gasteiger partial charge in [0, 0.05) is 13.6 Å². The lowest BCUT2D eigenvalue weighted by Crippen LogP contribution is -2.28. The van der Waals surface area contributed by atoms with Crippen LogP contribution in [0.3, 0.4) is 0 Å². The van der Waals surface area contributed by atoms with E-state index in [2.05, 4.69) is 11.2 Å². The van der Waals surface area contributed by atoms with Gasteiger partial charge < -0.3 is 5.32 Å². The molecule has 0 aliphatic carbocycles. The molecule has 0 bridgehead atoms. The van der Waals surface area contributed by atoms with Gasteiger partial charge in [-0.25, -0.2) is 8.42 Å². The van der Waals surface area contributed by atoms with Gasteiger partial charge in [0.15, 0.2) is 0 Å². The van der Waals surface area contributed by atoms with Gasteiger partial charge in [0.25, 0.3) is 0 Å². The molecule has 20 heavy (non-hydrogen) atoms. The van der Waals surface area contributed by atoms with Crippen molar-refractivity contribution in [1.82, 2.24) is 9.62 Å². The Labute approximate surface area is 122 Å². The summed E-state index contributed by atoms with van der Waals surface area (Å²) in [4.78, 5) is 0.336. The van der Waals surface area contributed by atoms with Gasteiger partial charge in [0.05, 0.1) is 11.4 Å². The number of sulfonamides is 1. The fourth-order valence-electron chi connectivity index (χ4n) is 1.92. The molecule has 0 unspecified atom stereocenters. The Morgan fingerprint density at radius 1 is 1.35 bits per heavy atom. The molecule has 0 aliphatic rings. The highest BCUT2D eigenvalue weighted by atomic mass is 32.2. The molecule has 0 atom stereocenters. The van der Waals surface area contributed by atoms with Gasteiger partial charge in [-0.2, -0.15) is 4.31 Å². The average Bonchev–Trinajstić information content (AvgIpc) is 2.39. The van der Waals surface area contributed by atoms with Crippen LogP contribution in [0.25, 0.3) is 0 Å². The van der Waals surface area contributed by atoms with Crippen LogP contribution in [0, 0.1) is 26.2 Å². The minimum Gasteiger partial charge on any atom is -0.313 e. The van der Waals surface area contributed by atoms with Crippen molar-refractivity contribution < 1.29 is 8.42 Å². The van der Waals surface area contributed by atoms with Crippen LogP contribution >= 0.6 is 0 Å². The van der Waals surface area contributed by atoms with Gasteiger partial charge in [0.2, 0.25) is 10.0 Å². The maximum atomic E-state index is 12.5. The first-order chi connectivity index (χ1) is 9.34. The van der Waals surface area contributed by atoms with Crippen LogP contribution in [0.1, 0.15) is 23.6 Å². The zero-order valence-electron chi connectivity index (χ0n) is 12.5. The second-order valence-corrected chi connectivity index (χ2v) is 6.79. The van der Waals surface area contributed by atoms with E-state index in [9.17, 15) is 8.42 Å². The summed E-state index contributed by atoms with van der Waals surface area (Å²) in [6.07, 6.45) is 5.20. The Balaban J connectivity index is 3.29. The summed E-state index contributed by atoms with van der Waals surface area (Å²) >= 11 is 0. The molecule has 0 radical (unpaired) electrons. The molecular weight excluding hydrogens is 272 g/mol. The highest BCUT2D eigenvalue weighted by Crippen LogP contribution is 2.23. The maximum absolute atomic E-state index is 12.5. The van der Waals surface area contributed by atoms with Crippen LogP contribution in [0.2, 0.25) is 0 Å². The zero-order valence-corrected chi connectivity index (χ0v) is 13.3. The number of hydrogen-bond acceptors (Lipinski definition) is 3. The summed E-state index contributed by atoms with van der Waals surface area (Å²) < 4.78 is 26.3. The Kier molecular flexibility index (Phi) is 5.75. The van der Waals surface area contributed by atoms with Crippen molar-refractivity contribution >= 4 is 10.0 Å². The van der Waals surface area contributed by atoms with E-state index in [-0.39, 0.29) is 6.54 Å². The Bertz CT molecular complexity index is 615. The van der Waals surface area contributed by atoms with Crippen LogP contribution in [0.5, 0.6) is 0 Å². The molecule has 5 heteroatoms. The number of nitrogens with zero attached hydrogens (tertiary/aromatic N) is 1. The monoisotopic (exact) mass is 294 g/mol. The highest BCUT2D eigenvalue weighted by molar-refractivity contribution is 7.89. The molecule has 4 nitrogen and oxygen atoms in total. The molecule has 0 fully saturated rings. The molecular formula is C15H22N2O2S. The predicted octanol–water partition coefficient (Wildman–Crippen LogP) is 1.67. The molecule has 1 rings (SSSR count). The van der Waals surface area contributed by atoms with Crippen LogP contribution in [0.4, 0.5) is 0 Å². The van der Waals surface area contributed by atoms with E-state index >= 15 is 0 Å². The summed E-state index contributed by atoms with van der Waals surface area (Å²) in [5, 5.41) is 3.20. The summed E-state index contributed by atoms with van der Waals surface area (Å²) in [5.74, 6) is 2.36. The van der Waals surface area contributed by atoms with Gasteiger partial charge in [-0.1, -0.05) is 18.9 Å². The largest absolute Gasteiger partial charge is 0.313 e. The maximum Gasteiger partial charge on any atom is 0.243 e. The summed E-state index contributed by atoms with van der Waals surface area (Å²) in [6, 6.07) is 3.74. The molecule has 0 saturated carbocycles. The van der Waals surface area contributed by atoms with E-state index in [1.807, 2.05) is 26.8 Å². The van der Waals surface area contributed by atoms with Crippen molar-refractivity contribution in [1.29, 1.82) is 0 Å². The second kappa shape index (κ2) is 6.89. The number of terminal acetylenes is 1. The van der Waals surface area contributed by atoms with Crippen molar-refractivity contribution in [2.45, 2.75) is 32.2 Å². The number of rotatable bonds is 6. The van der Waals surface area contributed by atoms with Crippen LogP contribution in [-0.2, 0) is 16.6 Å². The van der Waals surface area contributed by atoms with E-state index in [1.165, 1.54) is 11.4 Å². The Morgan fingerprint density at radius 3 is 2.55 bits per heavy atom. The molecule has 0 spiro atoms. The molecule has 1 N–H and O–H groups in total. The third kappa shape index (κ3) is 3.60. The first-order valence-electron chi connectivity index (χ1n) is 6.55. The molecule has 1 aromatic carbocycles. The average molecular weight is 294 g/mol. The fourth-order valence-corrected chi connectivity index (χ4v) is 3.35. The van der Waals surface area contributed by atoms with Crippen molar-refractivity contribution in [3.05, 3.63) is 28.8 Å². The highest BCUT2D eigenvalue weighted by Gasteiger charge is 2.23. The Hall–Kier alpha value is -1.35. The number of nitrogens with one attached hydrogen (secondary N) is 1. The van der Waals surface area contributed by atoms with Gasteiger partial charge in [-0.05, 0) is 43.1 Å². The Morgan fingerprint density at radius 2 is 2.00 bits per heavy atom. The molecule has 0 aliphatic heterocycles. The first kappa shape index (κ1) is 16.7. The van der Waals surface area contributed by atoms with E-state index in [4.69, 9.17) is 6.42 Å². The molecule has 0 heterocycles. The smallest absolute Gasteiger partial charge is 0.243 e. The summed E-state index contributed by atoms with van der Waals surface area (Å²) in [6.45, 7) is 7.32. The predicted molar refractivity (Wildman–Crippen MR) is 81.9 cm³/mol. The van der Waals surface area contributed by atoms with E-state index in [1.54, 1.807) is 6.07 Å². The van der Waals surface area contributed by atoms with Gasteiger partial charge in [-0.3, -0.25) is 0 Å². The van der Waals surface area contributed by atoms with E-state index in [0.29, 0.717) is 11.4 Å². The normalized spacial score (nSPS) is 11.6. The lowest BCUT2D eigenvalue weighted by molar-refractivity contribution is 0.502. The summed E-state index contributed by atoms with van der Waals surface area (Å²) in [5.41, 5.74) is 2.70. The van der Waals surface area contributed by atoms with Crippen molar-refractivity contribution in [3.63, 3.8) is 0 Å². The topological polar surface area (TPSA) is 49.4 Å². The number of benzene rings is 1.